The van der Waals surface area contributed by atoms with Gasteiger partial charge in [-0.2, -0.15) is 5.10 Å². The van der Waals surface area contributed by atoms with Crippen molar-refractivity contribution in [3.63, 3.8) is 0 Å². The minimum atomic E-state index is 0.00750. The monoisotopic (exact) mass is 290 g/mol. The number of carbonyl (C=O) groups is 1. The molecule has 0 amide bonds. The van der Waals surface area contributed by atoms with E-state index in [1.807, 2.05) is 36.0 Å². The summed E-state index contributed by atoms with van der Waals surface area (Å²) < 4.78 is 1.90. The first-order valence-electron chi connectivity index (χ1n) is 6.85. The van der Waals surface area contributed by atoms with Gasteiger partial charge in [-0.1, -0.05) is 30.7 Å². The van der Waals surface area contributed by atoms with E-state index in [2.05, 4.69) is 18.9 Å². The lowest BCUT2D eigenvalue weighted by Gasteiger charge is -2.08. The number of hydrogen-bond donors (Lipinski definition) is 0. The zero-order chi connectivity index (χ0) is 14.7. The van der Waals surface area contributed by atoms with Crippen molar-refractivity contribution >= 4 is 17.4 Å². The van der Waals surface area contributed by atoms with Crippen LogP contribution in [0.1, 0.15) is 47.9 Å². The van der Waals surface area contributed by atoms with Crippen molar-refractivity contribution in [2.45, 2.75) is 39.7 Å². The van der Waals surface area contributed by atoms with Crippen LogP contribution in [0.3, 0.4) is 0 Å². The fraction of sp³-hybridized carbons (Fsp3) is 0.375. The highest BCUT2D eigenvalue weighted by Crippen LogP contribution is 2.22. The molecule has 0 radical (unpaired) electrons. The molecule has 1 atom stereocenters. The van der Waals surface area contributed by atoms with E-state index in [-0.39, 0.29) is 12.2 Å². The molecule has 0 aliphatic carbocycles. The first kappa shape index (κ1) is 14.8. The van der Waals surface area contributed by atoms with Crippen LogP contribution in [0.5, 0.6) is 0 Å². The van der Waals surface area contributed by atoms with Gasteiger partial charge in [0.2, 0.25) is 0 Å². The molecule has 0 bridgehead atoms. The lowest BCUT2D eigenvalue weighted by molar-refractivity contribution is 0.0991. The molecule has 0 fully saturated rings. The van der Waals surface area contributed by atoms with Crippen molar-refractivity contribution in [3.8, 4) is 0 Å². The predicted octanol–water partition coefficient (Wildman–Crippen LogP) is 4.24. The van der Waals surface area contributed by atoms with Crippen LogP contribution in [0.4, 0.5) is 0 Å². The van der Waals surface area contributed by atoms with Crippen LogP contribution in [0, 0.1) is 6.92 Å². The Labute approximate surface area is 124 Å². The summed E-state index contributed by atoms with van der Waals surface area (Å²) in [6, 6.07) is 7.77. The molecule has 3 nitrogen and oxygen atoms in total. The van der Waals surface area contributed by atoms with Crippen LogP contribution in [-0.4, -0.2) is 15.6 Å². The normalized spacial score (nSPS) is 12.4. The molecule has 106 valence electrons. The van der Waals surface area contributed by atoms with E-state index in [4.69, 9.17) is 11.6 Å². The SMILES string of the molecule is CCC(C)n1ccc(CC(=O)c2cccc(C)c2Cl)n1. The van der Waals surface area contributed by atoms with Gasteiger partial charge in [-0.3, -0.25) is 9.48 Å². The van der Waals surface area contributed by atoms with Crippen LogP contribution in [0.2, 0.25) is 5.02 Å². The van der Waals surface area contributed by atoms with E-state index in [0.29, 0.717) is 16.6 Å². The highest BCUT2D eigenvalue weighted by Gasteiger charge is 2.14. The summed E-state index contributed by atoms with van der Waals surface area (Å²) in [4.78, 5) is 12.3. The third kappa shape index (κ3) is 3.10. The second kappa shape index (κ2) is 6.23. The molecule has 1 heterocycles. The van der Waals surface area contributed by atoms with E-state index in [0.717, 1.165) is 17.7 Å². The molecule has 0 aliphatic rings. The van der Waals surface area contributed by atoms with Crippen molar-refractivity contribution in [1.29, 1.82) is 0 Å². The molecule has 20 heavy (non-hydrogen) atoms. The van der Waals surface area contributed by atoms with Crippen LogP contribution in [0.15, 0.2) is 30.5 Å². The van der Waals surface area contributed by atoms with Gasteiger partial charge in [-0.15, -0.1) is 0 Å². The lowest BCUT2D eigenvalue weighted by Crippen LogP contribution is -2.08. The van der Waals surface area contributed by atoms with Crippen molar-refractivity contribution < 1.29 is 4.79 Å². The maximum Gasteiger partial charge on any atom is 0.170 e. The van der Waals surface area contributed by atoms with E-state index in [9.17, 15) is 4.79 Å². The van der Waals surface area contributed by atoms with Gasteiger partial charge in [0.05, 0.1) is 17.1 Å². The van der Waals surface area contributed by atoms with Crippen LogP contribution in [-0.2, 0) is 6.42 Å². The first-order valence-corrected chi connectivity index (χ1v) is 7.23. The fourth-order valence-corrected chi connectivity index (χ4v) is 2.26. The Morgan fingerprint density at radius 1 is 1.40 bits per heavy atom. The minimum Gasteiger partial charge on any atom is -0.294 e. The summed E-state index contributed by atoms with van der Waals surface area (Å²) in [5.74, 6) is 0.00750. The summed E-state index contributed by atoms with van der Waals surface area (Å²) >= 11 is 6.19. The zero-order valence-electron chi connectivity index (χ0n) is 12.1. The summed E-state index contributed by atoms with van der Waals surface area (Å²) in [5, 5.41) is 4.99. The predicted molar refractivity (Wildman–Crippen MR) is 81.5 cm³/mol. The molecular weight excluding hydrogens is 272 g/mol. The van der Waals surface area contributed by atoms with Gasteiger partial charge in [0, 0.05) is 17.8 Å². The third-order valence-electron chi connectivity index (χ3n) is 3.54. The Hall–Kier alpha value is -1.61. The molecular formula is C16H19ClN2O. The van der Waals surface area contributed by atoms with E-state index >= 15 is 0 Å². The Morgan fingerprint density at radius 2 is 2.15 bits per heavy atom. The van der Waals surface area contributed by atoms with Gasteiger partial charge in [0.15, 0.2) is 5.78 Å². The average Bonchev–Trinajstić information content (AvgIpc) is 2.89. The number of hydrogen-bond acceptors (Lipinski definition) is 2. The topological polar surface area (TPSA) is 34.9 Å². The highest BCUT2D eigenvalue weighted by atomic mass is 35.5. The Bertz CT molecular complexity index is 619. The quantitative estimate of drug-likeness (QED) is 0.772. The number of ketones is 1. The second-order valence-corrected chi connectivity index (χ2v) is 5.46. The van der Waals surface area contributed by atoms with Gasteiger partial charge in [-0.25, -0.2) is 0 Å². The number of aromatic nitrogens is 2. The third-order valence-corrected chi connectivity index (χ3v) is 4.04. The maximum atomic E-state index is 12.3. The Balaban J connectivity index is 2.15. The number of benzene rings is 1. The molecule has 0 spiro atoms. The number of rotatable bonds is 5. The molecule has 1 unspecified atom stereocenters. The molecule has 0 saturated carbocycles. The van der Waals surface area contributed by atoms with Gasteiger partial charge < -0.3 is 0 Å². The highest BCUT2D eigenvalue weighted by molar-refractivity contribution is 6.34. The molecule has 4 heteroatoms. The molecule has 0 N–H and O–H groups in total. The summed E-state index contributed by atoms with van der Waals surface area (Å²) in [5.41, 5.74) is 2.28. The van der Waals surface area contributed by atoms with Crippen LogP contribution < -0.4 is 0 Å². The van der Waals surface area contributed by atoms with Crippen LogP contribution >= 0.6 is 11.6 Å². The van der Waals surface area contributed by atoms with Crippen molar-refractivity contribution in [3.05, 3.63) is 52.3 Å². The average molecular weight is 291 g/mol. The van der Waals surface area contributed by atoms with Crippen molar-refractivity contribution in [2.75, 3.05) is 0 Å². The smallest absolute Gasteiger partial charge is 0.170 e. The van der Waals surface area contributed by atoms with E-state index in [1.165, 1.54) is 0 Å². The molecule has 0 aliphatic heterocycles. The molecule has 2 aromatic rings. The zero-order valence-corrected chi connectivity index (χ0v) is 12.8. The number of carbonyl (C=O) groups excluding carboxylic acids is 1. The van der Waals surface area contributed by atoms with Crippen molar-refractivity contribution in [1.82, 2.24) is 9.78 Å². The molecule has 2 rings (SSSR count). The summed E-state index contributed by atoms with van der Waals surface area (Å²) in [6.45, 7) is 6.12. The Kier molecular flexibility index (Phi) is 4.61. The van der Waals surface area contributed by atoms with Gasteiger partial charge >= 0.3 is 0 Å². The van der Waals surface area contributed by atoms with Gasteiger partial charge in [0.25, 0.3) is 0 Å². The van der Waals surface area contributed by atoms with Crippen LogP contribution in [0.25, 0.3) is 0 Å². The van der Waals surface area contributed by atoms with E-state index in [1.54, 1.807) is 6.07 Å². The number of aryl methyl sites for hydroxylation is 1. The fourth-order valence-electron chi connectivity index (χ4n) is 2.03. The minimum absolute atomic E-state index is 0.00750. The standard InChI is InChI=1S/C16H19ClN2O/c1-4-12(3)19-9-8-13(18-19)10-15(20)14-7-5-6-11(2)16(14)17/h5-9,12H,4,10H2,1-3H3. The summed E-state index contributed by atoms with van der Waals surface area (Å²) in [6.07, 6.45) is 3.22. The number of nitrogens with zero attached hydrogens (tertiary/aromatic N) is 2. The lowest BCUT2D eigenvalue weighted by atomic mass is 10.0. The van der Waals surface area contributed by atoms with Gasteiger partial charge in [-0.05, 0) is 38.0 Å². The molecule has 0 saturated heterocycles. The summed E-state index contributed by atoms with van der Waals surface area (Å²) in [7, 11) is 0. The molecule has 1 aromatic heterocycles. The maximum absolute atomic E-state index is 12.3. The van der Waals surface area contributed by atoms with Gasteiger partial charge in [0.1, 0.15) is 0 Å². The number of Topliss-reactive ketones (excluding diaryl/α,β-unsaturated/α-hetero) is 1. The van der Waals surface area contributed by atoms with Crippen molar-refractivity contribution in [2.24, 2.45) is 0 Å². The second-order valence-electron chi connectivity index (χ2n) is 5.08. The first-order chi connectivity index (χ1) is 9.52. The number of halogens is 1. The van der Waals surface area contributed by atoms with E-state index < -0.39 is 0 Å². The largest absolute Gasteiger partial charge is 0.294 e. The Morgan fingerprint density at radius 3 is 2.85 bits per heavy atom. The molecule has 1 aromatic carbocycles.